The third kappa shape index (κ3) is 2.95. The van der Waals surface area contributed by atoms with E-state index in [1.807, 2.05) is 56.3 Å². The summed E-state index contributed by atoms with van der Waals surface area (Å²) in [6.45, 7) is 6.25. The monoisotopic (exact) mass is 334 g/mol. The van der Waals surface area contributed by atoms with Crippen LogP contribution < -0.4 is 4.90 Å². The molecule has 0 saturated heterocycles. The van der Waals surface area contributed by atoms with Gasteiger partial charge in [0, 0.05) is 37.0 Å². The number of hydrogen-bond acceptors (Lipinski definition) is 2. The second kappa shape index (κ2) is 6.75. The third-order valence-electron chi connectivity index (χ3n) is 5.50. The first-order chi connectivity index (χ1) is 11.9. The summed E-state index contributed by atoms with van der Waals surface area (Å²) in [5, 5.41) is 0. The van der Waals surface area contributed by atoms with Gasteiger partial charge in [0.25, 0.3) is 5.91 Å². The van der Waals surface area contributed by atoms with Crippen LogP contribution in [0.15, 0.2) is 65.9 Å². The fourth-order valence-corrected chi connectivity index (χ4v) is 3.65. The molecule has 3 rings (SSSR count). The maximum absolute atomic E-state index is 13.3. The number of benzene rings is 2. The predicted molar refractivity (Wildman–Crippen MR) is 104 cm³/mol. The van der Waals surface area contributed by atoms with Gasteiger partial charge in [-0.05, 0) is 31.0 Å². The second-order valence-electron chi connectivity index (χ2n) is 6.84. The van der Waals surface area contributed by atoms with E-state index in [9.17, 15) is 4.79 Å². The van der Waals surface area contributed by atoms with E-state index in [-0.39, 0.29) is 17.9 Å². The molecule has 2 aromatic carbocycles. The van der Waals surface area contributed by atoms with Crippen LogP contribution in [0.1, 0.15) is 43.9 Å². The topological polar surface area (TPSA) is 23.6 Å². The molecular formula is C22H26N2O. The Morgan fingerprint density at radius 1 is 1.08 bits per heavy atom. The Balaban J connectivity index is 1.95. The number of allylic oxidation sites excluding steroid dienone is 1. The summed E-state index contributed by atoms with van der Waals surface area (Å²) in [6, 6.07) is 18.5. The number of para-hydroxylation sites is 1. The summed E-state index contributed by atoms with van der Waals surface area (Å²) in [5.74, 6) is 0.188. The zero-order valence-corrected chi connectivity index (χ0v) is 15.7. The lowest BCUT2D eigenvalue weighted by Gasteiger charge is -2.37. The lowest BCUT2D eigenvalue weighted by molar-refractivity contribution is -0.128. The summed E-state index contributed by atoms with van der Waals surface area (Å²) in [7, 11) is 3.93. The highest BCUT2D eigenvalue weighted by Crippen LogP contribution is 2.41. The van der Waals surface area contributed by atoms with Crippen molar-refractivity contribution in [2.45, 2.75) is 32.7 Å². The van der Waals surface area contributed by atoms with Gasteiger partial charge in [0.1, 0.15) is 0 Å². The van der Waals surface area contributed by atoms with Crippen molar-refractivity contribution in [2.24, 2.45) is 0 Å². The van der Waals surface area contributed by atoms with E-state index >= 15 is 0 Å². The molecule has 130 valence electrons. The third-order valence-corrected chi connectivity index (χ3v) is 5.50. The normalized spacial score (nSPS) is 18.0. The standard InChI is InChI=1S/C22H26N2O/c1-15-19-13-9-10-14-20(19)23(4)17(3)21(15)22(25)24(5)16(2)18-11-7-6-8-12-18/h6-16H,1-5H3/t15-,16-/m1/s1. The minimum Gasteiger partial charge on any atom is -0.348 e. The molecular weight excluding hydrogens is 308 g/mol. The van der Waals surface area contributed by atoms with E-state index < -0.39 is 0 Å². The summed E-state index contributed by atoms with van der Waals surface area (Å²) >= 11 is 0. The van der Waals surface area contributed by atoms with Crippen LogP contribution in [-0.4, -0.2) is 24.9 Å². The quantitative estimate of drug-likeness (QED) is 0.810. The Labute approximate surface area is 150 Å². The molecule has 2 atom stereocenters. The van der Waals surface area contributed by atoms with Gasteiger partial charge in [0.05, 0.1) is 6.04 Å². The zero-order valence-electron chi connectivity index (χ0n) is 15.7. The molecule has 0 fully saturated rings. The molecule has 0 aromatic heterocycles. The van der Waals surface area contributed by atoms with Gasteiger partial charge in [0.2, 0.25) is 0 Å². The highest BCUT2D eigenvalue weighted by Gasteiger charge is 2.33. The average molecular weight is 334 g/mol. The number of anilines is 1. The lowest BCUT2D eigenvalue weighted by Crippen LogP contribution is -2.36. The Morgan fingerprint density at radius 3 is 2.36 bits per heavy atom. The molecule has 0 spiro atoms. The van der Waals surface area contributed by atoms with Gasteiger partial charge < -0.3 is 9.80 Å². The summed E-state index contributed by atoms with van der Waals surface area (Å²) in [5.41, 5.74) is 5.45. The second-order valence-corrected chi connectivity index (χ2v) is 6.84. The smallest absolute Gasteiger partial charge is 0.252 e. The van der Waals surface area contributed by atoms with E-state index in [0.717, 1.165) is 16.8 Å². The van der Waals surface area contributed by atoms with Crippen molar-refractivity contribution in [3.8, 4) is 0 Å². The Bertz CT molecular complexity index is 810. The maximum atomic E-state index is 13.3. The van der Waals surface area contributed by atoms with Crippen molar-refractivity contribution in [1.29, 1.82) is 0 Å². The number of likely N-dealkylation sites (N-methyl/N-ethyl adjacent to an activating group) is 1. The largest absolute Gasteiger partial charge is 0.348 e. The van der Waals surface area contributed by atoms with Gasteiger partial charge in [-0.25, -0.2) is 0 Å². The molecule has 0 unspecified atom stereocenters. The summed E-state index contributed by atoms with van der Waals surface area (Å²) in [4.78, 5) is 17.3. The van der Waals surface area contributed by atoms with Crippen molar-refractivity contribution in [3.05, 3.63) is 77.0 Å². The number of amides is 1. The summed E-state index contributed by atoms with van der Waals surface area (Å²) in [6.07, 6.45) is 0. The van der Waals surface area contributed by atoms with Crippen molar-refractivity contribution < 1.29 is 4.79 Å². The minimum absolute atomic E-state index is 0.0312. The lowest BCUT2D eigenvalue weighted by atomic mass is 9.85. The van der Waals surface area contributed by atoms with Gasteiger partial charge in [-0.3, -0.25) is 4.79 Å². The van der Waals surface area contributed by atoms with Gasteiger partial charge in [-0.2, -0.15) is 0 Å². The molecule has 25 heavy (non-hydrogen) atoms. The molecule has 2 aromatic rings. The molecule has 0 saturated carbocycles. The van der Waals surface area contributed by atoms with Crippen LogP contribution in [-0.2, 0) is 4.79 Å². The predicted octanol–water partition coefficient (Wildman–Crippen LogP) is 4.73. The first-order valence-electron chi connectivity index (χ1n) is 8.79. The molecule has 0 radical (unpaired) electrons. The molecule has 1 aliphatic rings. The number of rotatable bonds is 3. The van der Waals surface area contributed by atoms with E-state index in [2.05, 4.69) is 43.0 Å². The molecule has 3 nitrogen and oxygen atoms in total. The number of carbonyl (C=O) groups excluding carboxylic acids is 1. The van der Waals surface area contributed by atoms with Crippen molar-refractivity contribution >= 4 is 11.6 Å². The van der Waals surface area contributed by atoms with Crippen LogP contribution in [0.2, 0.25) is 0 Å². The first-order valence-corrected chi connectivity index (χ1v) is 8.79. The molecule has 1 aliphatic heterocycles. The van der Waals surface area contributed by atoms with Gasteiger partial charge >= 0.3 is 0 Å². The zero-order chi connectivity index (χ0) is 18.1. The van der Waals surface area contributed by atoms with Crippen molar-refractivity contribution in [3.63, 3.8) is 0 Å². The van der Waals surface area contributed by atoms with Crippen LogP contribution in [0.25, 0.3) is 0 Å². The van der Waals surface area contributed by atoms with E-state index in [1.54, 1.807) is 0 Å². The highest BCUT2D eigenvalue weighted by atomic mass is 16.2. The van der Waals surface area contributed by atoms with Gasteiger partial charge in [-0.15, -0.1) is 0 Å². The SMILES string of the molecule is CC1=C(C(=O)N(C)[C@H](C)c2ccccc2)[C@H](C)c2ccccc2N1C. The fraction of sp³-hybridized carbons (Fsp3) is 0.318. The Hall–Kier alpha value is -2.55. The molecule has 1 heterocycles. The number of hydrogen-bond donors (Lipinski definition) is 0. The molecule has 3 heteroatoms. The average Bonchev–Trinajstić information content (AvgIpc) is 2.65. The minimum atomic E-state index is 0.0312. The number of nitrogens with zero attached hydrogens (tertiary/aromatic N) is 2. The van der Waals surface area contributed by atoms with Crippen LogP contribution in [0, 0.1) is 0 Å². The van der Waals surface area contributed by atoms with E-state index in [0.29, 0.717) is 0 Å². The molecule has 0 bridgehead atoms. The Morgan fingerprint density at radius 2 is 1.68 bits per heavy atom. The van der Waals surface area contributed by atoms with Crippen LogP contribution >= 0.6 is 0 Å². The van der Waals surface area contributed by atoms with E-state index in [1.165, 1.54) is 11.3 Å². The number of fused-ring (bicyclic) bond motifs is 1. The maximum Gasteiger partial charge on any atom is 0.252 e. The van der Waals surface area contributed by atoms with Crippen LogP contribution in [0.3, 0.4) is 0 Å². The summed E-state index contributed by atoms with van der Waals surface area (Å²) < 4.78 is 0. The van der Waals surface area contributed by atoms with Crippen molar-refractivity contribution in [2.75, 3.05) is 19.0 Å². The molecule has 1 amide bonds. The van der Waals surface area contributed by atoms with Crippen LogP contribution in [0.5, 0.6) is 0 Å². The molecule has 0 N–H and O–H groups in total. The van der Waals surface area contributed by atoms with Gasteiger partial charge in [0.15, 0.2) is 0 Å². The van der Waals surface area contributed by atoms with E-state index in [4.69, 9.17) is 0 Å². The number of carbonyl (C=O) groups is 1. The van der Waals surface area contributed by atoms with Crippen LogP contribution in [0.4, 0.5) is 5.69 Å². The highest BCUT2D eigenvalue weighted by molar-refractivity contribution is 5.97. The van der Waals surface area contributed by atoms with Gasteiger partial charge in [-0.1, -0.05) is 55.5 Å². The fourth-order valence-electron chi connectivity index (χ4n) is 3.65. The molecule has 0 aliphatic carbocycles. The first kappa shape index (κ1) is 17.3. The van der Waals surface area contributed by atoms with Crippen molar-refractivity contribution in [1.82, 2.24) is 4.90 Å². The Kier molecular flexibility index (Phi) is 4.67.